The molecule has 82 valence electrons. The smallest absolute Gasteiger partial charge is 0.159 e. The maximum atomic E-state index is 4.51. The van der Waals surface area contributed by atoms with Crippen LogP contribution in [0.1, 0.15) is 28.5 Å². The van der Waals surface area contributed by atoms with Crippen LogP contribution in [-0.2, 0) is 12.8 Å². The third-order valence-electron chi connectivity index (χ3n) is 3.18. The number of hydrogen-bond donors (Lipinski definition) is 0. The number of hydrogen-bond acceptors (Lipinski definition) is 2. The predicted octanol–water partition coefficient (Wildman–Crippen LogP) is 4.18. The van der Waals surface area contributed by atoms with Crippen LogP contribution in [0.5, 0.6) is 0 Å². The van der Waals surface area contributed by atoms with E-state index in [1.165, 1.54) is 22.6 Å². The molecular formula is C13H12BrNS. The molecule has 1 nitrogen and oxygen atoms in total. The van der Waals surface area contributed by atoms with Gasteiger partial charge in [0.1, 0.15) is 0 Å². The third-order valence-corrected chi connectivity index (χ3v) is 4.76. The molecule has 1 aromatic heterocycles. The number of fused-ring (bicyclic) bond motifs is 1. The molecule has 1 aliphatic carbocycles. The zero-order chi connectivity index (χ0) is 11.0. The molecule has 0 N–H and O–H groups in total. The quantitative estimate of drug-likeness (QED) is 0.769. The van der Waals surface area contributed by atoms with Gasteiger partial charge in [0.2, 0.25) is 0 Å². The predicted molar refractivity (Wildman–Crippen MR) is 71.0 cm³/mol. The number of rotatable bonds is 1. The van der Waals surface area contributed by atoms with Crippen molar-refractivity contribution in [1.82, 2.24) is 4.98 Å². The molecule has 3 heteroatoms. The lowest BCUT2D eigenvalue weighted by atomic mass is 9.85. The lowest BCUT2D eigenvalue weighted by molar-refractivity contribution is 0.584. The molecule has 0 radical (unpaired) electrons. The molecule has 0 bridgehead atoms. The van der Waals surface area contributed by atoms with Crippen molar-refractivity contribution < 1.29 is 0 Å². The fraction of sp³-hybridized carbons (Fsp3) is 0.308. The Kier molecular flexibility index (Phi) is 2.82. The minimum absolute atomic E-state index is 0.682. The van der Waals surface area contributed by atoms with Crippen molar-refractivity contribution in [3.05, 3.63) is 50.4 Å². The van der Waals surface area contributed by atoms with Crippen molar-refractivity contribution in [2.75, 3.05) is 0 Å². The molecule has 0 amide bonds. The van der Waals surface area contributed by atoms with E-state index in [9.17, 15) is 0 Å². The highest BCUT2D eigenvalue weighted by molar-refractivity contribution is 9.11. The first-order chi connectivity index (χ1) is 7.83. The summed E-state index contributed by atoms with van der Waals surface area (Å²) in [6.07, 6.45) is 3.51. The van der Waals surface area contributed by atoms with Crippen LogP contribution in [0.15, 0.2) is 34.2 Å². The highest BCUT2D eigenvalue weighted by Gasteiger charge is 2.22. The van der Waals surface area contributed by atoms with Gasteiger partial charge in [0.05, 0.1) is 5.69 Å². The van der Waals surface area contributed by atoms with Gasteiger partial charge in [-0.15, -0.1) is 11.3 Å². The van der Waals surface area contributed by atoms with E-state index in [2.05, 4.69) is 51.2 Å². The average Bonchev–Trinajstić information content (AvgIpc) is 2.69. The first-order valence-electron chi connectivity index (χ1n) is 5.52. The molecule has 0 saturated heterocycles. The summed E-state index contributed by atoms with van der Waals surface area (Å²) in [5, 5.41) is 0. The first-order valence-corrected chi connectivity index (χ1v) is 7.13. The zero-order valence-corrected chi connectivity index (χ0v) is 11.2. The van der Waals surface area contributed by atoms with Gasteiger partial charge in [-0.1, -0.05) is 30.3 Å². The van der Waals surface area contributed by atoms with Gasteiger partial charge in [0.25, 0.3) is 0 Å². The summed E-state index contributed by atoms with van der Waals surface area (Å²) >= 11 is 5.27. The summed E-state index contributed by atoms with van der Waals surface area (Å²) in [5.74, 6) is 0.682. The summed E-state index contributed by atoms with van der Waals surface area (Å²) in [6.45, 7) is 0. The van der Waals surface area contributed by atoms with Crippen LogP contribution in [0.3, 0.4) is 0 Å². The van der Waals surface area contributed by atoms with E-state index in [4.69, 9.17) is 0 Å². The lowest BCUT2D eigenvalue weighted by Crippen LogP contribution is -2.11. The van der Waals surface area contributed by atoms with E-state index < -0.39 is 0 Å². The van der Waals surface area contributed by atoms with Crippen molar-refractivity contribution in [1.29, 1.82) is 0 Å². The topological polar surface area (TPSA) is 12.9 Å². The monoisotopic (exact) mass is 293 g/mol. The summed E-state index contributed by atoms with van der Waals surface area (Å²) in [5.41, 5.74) is 2.78. The Bertz CT molecular complexity index is 492. The van der Waals surface area contributed by atoms with E-state index in [0.29, 0.717) is 5.92 Å². The fourth-order valence-corrected chi connectivity index (χ4v) is 4.06. The Morgan fingerprint density at radius 1 is 1.25 bits per heavy atom. The number of aryl methyl sites for hydroxylation is 1. The van der Waals surface area contributed by atoms with Crippen LogP contribution in [0.2, 0.25) is 0 Å². The van der Waals surface area contributed by atoms with Crippen LogP contribution in [0.4, 0.5) is 0 Å². The van der Waals surface area contributed by atoms with Crippen molar-refractivity contribution in [2.45, 2.75) is 25.2 Å². The number of benzene rings is 1. The number of aromatic nitrogens is 1. The highest BCUT2D eigenvalue weighted by atomic mass is 79.9. The standard InChI is InChI=1S/C13H12BrNS/c14-13-15-11-7-6-10(8-12(11)16-13)9-4-2-1-3-5-9/h1-5,10H,6-8H2. The second kappa shape index (κ2) is 4.30. The van der Waals surface area contributed by atoms with Gasteiger partial charge in [-0.2, -0.15) is 0 Å². The van der Waals surface area contributed by atoms with Crippen molar-refractivity contribution in [3.8, 4) is 0 Å². The summed E-state index contributed by atoms with van der Waals surface area (Å²) in [7, 11) is 0. The Balaban J connectivity index is 1.88. The van der Waals surface area contributed by atoms with Crippen LogP contribution in [0.25, 0.3) is 0 Å². The molecule has 1 aromatic carbocycles. The molecule has 0 fully saturated rings. The van der Waals surface area contributed by atoms with Gasteiger partial charge < -0.3 is 0 Å². The second-order valence-electron chi connectivity index (χ2n) is 4.19. The minimum atomic E-state index is 0.682. The molecule has 1 aliphatic rings. The lowest BCUT2D eigenvalue weighted by Gasteiger charge is -2.21. The van der Waals surface area contributed by atoms with Gasteiger partial charge in [-0.3, -0.25) is 0 Å². The molecule has 1 atom stereocenters. The molecule has 1 unspecified atom stereocenters. The fourth-order valence-electron chi connectivity index (χ4n) is 2.35. The maximum Gasteiger partial charge on any atom is 0.159 e. The van der Waals surface area contributed by atoms with Gasteiger partial charge in [0, 0.05) is 4.88 Å². The van der Waals surface area contributed by atoms with Crippen LogP contribution >= 0.6 is 27.3 Å². The second-order valence-corrected chi connectivity index (χ2v) is 6.55. The average molecular weight is 294 g/mol. The Morgan fingerprint density at radius 3 is 2.88 bits per heavy atom. The number of nitrogens with zero attached hydrogens (tertiary/aromatic N) is 1. The molecule has 0 saturated carbocycles. The van der Waals surface area contributed by atoms with Gasteiger partial charge >= 0.3 is 0 Å². The first kappa shape index (κ1) is 10.5. The number of thiazole rings is 1. The molecule has 16 heavy (non-hydrogen) atoms. The van der Waals surface area contributed by atoms with E-state index in [1.807, 2.05) is 0 Å². The van der Waals surface area contributed by atoms with E-state index >= 15 is 0 Å². The van der Waals surface area contributed by atoms with Gasteiger partial charge in [-0.25, -0.2) is 4.98 Å². The third kappa shape index (κ3) is 1.94. The molecule has 2 aromatic rings. The van der Waals surface area contributed by atoms with Crippen molar-refractivity contribution >= 4 is 27.3 Å². The van der Waals surface area contributed by atoms with E-state index in [0.717, 1.165) is 16.8 Å². The summed E-state index contributed by atoms with van der Waals surface area (Å²) in [6, 6.07) is 10.8. The molecule has 0 spiro atoms. The van der Waals surface area contributed by atoms with Gasteiger partial charge in [-0.05, 0) is 46.7 Å². The number of halogens is 1. The van der Waals surface area contributed by atoms with Crippen molar-refractivity contribution in [3.63, 3.8) is 0 Å². The highest BCUT2D eigenvalue weighted by Crippen LogP contribution is 2.36. The van der Waals surface area contributed by atoms with Gasteiger partial charge in [0.15, 0.2) is 3.92 Å². The largest absolute Gasteiger partial charge is 0.234 e. The molecule has 3 rings (SSSR count). The summed E-state index contributed by atoms with van der Waals surface area (Å²) in [4.78, 5) is 5.98. The normalized spacial score (nSPS) is 19.4. The Hall–Kier alpha value is -0.670. The summed E-state index contributed by atoms with van der Waals surface area (Å²) < 4.78 is 1.03. The maximum absolute atomic E-state index is 4.51. The Morgan fingerprint density at radius 2 is 2.06 bits per heavy atom. The van der Waals surface area contributed by atoms with E-state index in [-0.39, 0.29) is 0 Å². The zero-order valence-electron chi connectivity index (χ0n) is 8.82. The minimum Gasteiger partial charge on any atom is -0.234 e. The van der Waals surface area contributed by atoms with Crippen LogP contribution in [0, 0.1) is 0 Å². The van der Waals surface area contributed by atoms with Crippen LogP contribution in [-0.4, -0.2) is 4.98 Å². The Labute approximate surface area is 108 Å². The van der Waals surface area contributed by atoms with Crippen molar-refractivity contribution in [2.24, 2.45) is 0 Å². The molecule has 1 heterocycles. The SMILES string of the molecule is Brc1nc2c(s1)CC(c1ccccc1)CC2. The van der Waals surface area contributed by atoms with E-state index in [1.54, 1.807) is 11.3 Å². The molecule has 0 aliphatic heterocycles. The molecular weight excluding hydrogens is 282 g/mol. The van der Waals surface area contributed by atoms with Crippen LogP contribution < -0.4 is 0 Å².